The minimum atomic E-state index is 0.170. The molecule has 0 aromatic heterocycles. The average Bonchev–Trinajstić information content (AvgIpc) is 2.71. The normalized spacial score (nSPS) is 24.8. The van der Waals surface area contributed by atoms with E-state index in [0.717, 1.165) is 45.8 Å². The molecule has 156 valence electrons. The van der Waals surface area contributed by atoms with Crippen LogP contribution >= 0.6 is 0 Å². The molecule has 0 spiro atoms. The zero-order valence-electron chi connectivity index (χ0n) is 17.6. The average molecular weight is 388 g/mol. The van der Waals surface area contributed by atoms with Gasteiger partial charge in [0.1, 0.15) is 0 Å². The summed E-state index contributed by atoms with van der Waals surface area (Å²) in [6.45, 7) is 10.3. The molecular formula is C23H37N3O2. The molecule has 3 rings (SSSR count). The number of nitrogens with one attached hydrogen (secondary N) is 1. The van der Waals surface area contributed by atoms with Crippen LogP contribution in [0.25, 0.3) is 0 Å². The van der Waals surface area contributed by atoms with Gasteiger partial charge in [-0.1, -0.05) is 50.1 Å². The van der Waals surface area contributed by atoms with Crippen LogP contribution in [-0.4, -0.2) is 67.2 Å². The van der Waals surface area contributed by atoms with E-state index in [4.69, 9.17) is 4.74 Å². The first kappa shape index (κ1) is 21.3. The van der Waals surface area contributed by atoms with Gasteiger partial charge in [0, 0.05) is 38.3 Å². The van der Waals surface area contributed by atoms with E-state index in [1.54, 1.807) is 0 Å². The van der Waals surface area contributed by atoms with Gasteiger partial charge in [0.15, 0.2) is 0 Å². The lowest BCUT2D eigenvalue weighted by Crippen LogP contribution is -2.50. The molecule has 2 aliphatic rings. The van der Waals surface area contributed by atoms with Gasteiger partial charge in [-0.3, -0.25) is 14.6 Å². The number of benzene rings is 1. The Morgan fingerprint density at radius 3 is 2.64 bits per heavy atom. The molecule has 5 heteroatoms. The topological polar surface area (TPSA) is 44.8 Å². The summed E-state index contributed by atoms with van der Waals surface area (Å²) in [4.78, 5) is 17.6. The fourth-order valence-corrected chi connectivity index (χ4v) is 4.43. The summed E-state index contributed by atoms with van der Waals surface area (Å²) in [6, 6.07) is 11.1. The van der Waals surface area contributed by atoms with Gasteiger partial charge in [0.05, 0.1) is 19.8 Å². The number of carbonyl (C=O) groups excluding carboxylic acids is 1. The van der Waals surface area contributed by atoms with Crippen molar-refractivity contribution in [3.05, 3.63) is 35.9 Å². The Morgan fingerprint density at radius 2 is 1.93 bits per heavy atom. The van der Waals surface area contributed by atoms with Crippen molar-refractivity contribution < 1.29 is 9.53 Å². The first-order valence-electron chi connectivity index (χ1n) is 11.0. The predicted octanol–water partition coefficient (Wildman–Crippen LogP) is 2.90. The SMILES string of the molecule is CC1CCCCC1NC(=O)CN(Cc1ccccc1)C(C)CN1CCOCC1. The van der Waals surface area contributed by atoms with Crippen LogP contribution in [0.1, 0.15) is 45.1 Å². The van der Waals surface area contributed by atoms with Crippen LogP contribution in [-0.2, 0) is 16.1 Å². The van der Waals surface area contributed by atoms with Crippen molar-refractivity contribution in [2.75, 3.05) is 39.4 Å². The van der Waals surface area contributed by atoms with Crippen LogP contribution in [0.4, 0.5) is 0 Å². The lowest BCUT2D eigenvalue weighted by molar-refractivity contribution is -0.124. The van der Waals surface area contributed by atoms with Crippen LogP contribution in [0.3, 0.4) is 0 Å². The summed E-state index contributed by atoms with van der Waals surface area (Å²) < 4.78 is 5.48. The number of hydrogen-bond acceptors (Lipinski definition) is 4. The zero-order valence-corrected chi connectivity index (χ0v) is 17.6. The molecule has 1 N–H and O–H groups in total. The zero-order chi connectivity index (χ0) is 19.8. The van der Waals surface area contributed by atoms with Crippen molar-refractivity contribution in [2.45, 2.75) is 58.2 Å². The van der Waals surface area contributed by atoms with E-state index in [0.29, 0.717) is 24.5 Å². The molecule has 1 amide bonds. The molecule has 1 saturated carbocycles. The molecule has 1 aromatic rings. The van der Waals surface area contributed by atoms with E-state index in [9.17, 15) is 4.79 Å². The Morgan fingerprint density at radius 1 is 1.21 bits per heavy atom. The van der Waals surface area contributed by atoms with Crippen molar-refractivity contribution in [1.29, 1.82) is 0 Å². The van der Waals surface area contributed by atoms with Crippen molar-refractivity contribution in [2.24, 2.45) is 5.92 Å². The van der Waals surface area contributed by atoms with Gasteiger partial charge >= 0.3 is 0 Å². The molecule has 1 aromatic carbocycles. The second-order valence-corrected chi connectivity index (χ2v) is 8.59. The highest BCUT2D eigenvalue weighted by Crippen LogP contribution is 2.23. The summed E-state index contributed by atoms with van der Waals surface area (Å²) in [5, 5.41) is 3.33. The molecule has 28 heavy (non-hydrogen) atoms. The maximum absolute atomic E-state index is 12.9. The Bertz CT molecular complexity index is 589. The fourth-order valence-electron chi connectivity index (χ4n) is 4.43. The molecule has 1 heterocycles. The first-order chi connectivity index (χ1) is 13.6. The van der Waals surface area contributed by atoms with Crippen molar-refractivity contribution in [1.82, 2.24) is 15.1 Å². The standard InChI is InChI=1S/C23H37N3O2/c1-19-8-6-7-11-22(19)24-23(27)18-26(17-21-9-4-3-5-10-21)20(2)16-25-12-14-28-15-13-25/h3-5,9-10,19-20,22H,6-8,11-18H2,1-2H3,(H,24,27). The molecule has 1 aliphatic carbocycles. The van der Waals surface area contributed by atoms with E-state index in [1.807, 2.05) is 6.07 Å². The lowest BCUT2D eigenvalue weighted by atomic mass is 9.86. The second kappa shape index (κ2) is 10.9. The Hall–Kier alpha value is -1.43. The van der Waals surface area contributed by atoms with Gasteiger partial charge in [-0.05, 0) is 31.2 Å². The van der Waals surface area contributed by atoms with E-state index in [2.05, 4.69) is 53.2 Å². The summed E-state index contributed by atoms with van der Waals surface area (Å²) in [5.74, 6) is 0.759. The van der Waals surface area contributed by atoms with Gasteiger partial charge in [-0.15, -0.1) is 0 Å². The fraction of sp³-hybridized carbons (Fsp3) is 0.696. The third kappa shape index (κ3) is 6.57. The monoisotopic (exact) mass is 387 g/mol. The minimum absolute atomic E-state index is 0.170. The van der Waals surface area contributed by atoms with Gasteiger partial charge in [-0.25, -0.2) is 0 Å². The molecule has 1 saturated heterocycles. The highest BCUT2D eigenvalue weighted by atomic mass is 16.5. The molecular weight excluding hydrogens is 350 g/mol. The molecule has 5 nitrogen and oxygen atoms in total. The first-order valence-corrected chi connectivity index (χ1v) is 11.0. The van der Waals surface area contributed by atoms with E-state index < -0.39 is 0 Å². The number of morpholine rings is 1. The summed E-state index contributed by atoms with van der Waals surface area (Å²) in [5.41, 5.74) is 1.26. The molecule has 3 atom stereocenters. The number of nitrogens with zero attached hydrogens (tertiary/aromatic N) is 2. The summed E-state index contributed by atoms with van der Waals surface area (Å²) >= 11 is 0. The number of hydrogen-bond donors (Lipinski definition) is 1. The molecule has 1 aliphatic heterocycles. The number of amides is 1. The summed E-state index contributed by atoms with van der Waals surface area (Å²) in [6.07, 6.45) is 4.88. The highest BCUT2D eigenvalue weighted by molar-refractivity contribution is 5.78. The van der Waals surface area contributed by atoms with Gasteiger partial charge < -0.3 is 10.1 Å². The maximum Gasteiger partial charge on any atom is 0.234 e. The quantitative estimate of drug-likeness (QED) is 0.745. The smallest absolute Gasteiger partial charge is 0.234 e. The van der Waals surface area contributed by atoms with Crippen LogP contribution in [0.2, 0.25) is 0 Å². The third-order valence-corrected chi connectivity index (χ3v) is 6.28. The van der Waals surface area contributed by atoms with Crippen molar-refractivity contribution in [3.63, 3.8) is 0 Å². The number of carbonyl (C=O) groups is 1. The van der Waals surface area contributed by atoms with Crippen LogP contribution < -0.4 is 5.32 Å². The van der Waals surface area contributed by atoms with Crippen molar-refractivity contribution >= 4 is 5.91 Å². The van der Waals surface area contributed by atoms with Crippen LogP contribution in [0.15, 0.2) is 30.3 Å². The van der Waals surface area contributed by atoms with Gasteiger partial charge in [0.2, 0.25) is 5.91 Å². The van der Waals surface area contributed by atoms with Crippen LogP contribution in [0.5, 0.6) is 0 Å². The van der Waals surface area contributed by atoms with E-state index >= 15 is 0 Å². The lowest BCUT2D eigenvalue weighted by Gasteiger charge is -2.35. The van der Waals surface area contributed by atoms with E-state index in [-0.39, 0.29) is 5.91 Å². The summed E-state index contributed by atoms with van der Waals surface area (Å²) in [7, 11) is 0. The van der Waals surface area contributed by atoms with Gasteiger partial charge in [0.25, 0.3) is 0 Å². The van der Waals surface area contributed by atoms with Gasteiger partial charge in [-0.2, -0.15) is 0 Å². The number of rotatable bonds is 8. The maximum atomic E-state index is 12.9. The molecule has 0 radical (unpaired) electrons. The largest absolute Gasteiger partial charge is 0.379 e. The Labute approximate surface area is 170 Å². The predicted molar refractivity (Wildman–Crippen MR) is 113 cm³/mol. The van der Waals surface area contributed by atoms with Crippen molar-refractivity contribution in [3.8, 4) is 0 Å². The van der Waals surface area contributed by atoms with Crippen LogP contribution in [0, 0.1) is 5.92 Å². The Balaban J connectivity index is 1.60. The van der Waals surface area contributed by atoms with E-state index in [1.165, 1.54) is 24.8 Å². The third-order valence-electron chi connectivity index (χ3n) is 6.28. The molecule has 2 fully saturated rings. The Kier molecular flexibility index (Phi) is 8.31. The number of ether oxygens (including phenoxy) is 1. The highest BCUT2D eigenvalue weighted by Gasteiger charge is 2.25. The molecule has 0 bridgehead atoms. The second-order valence-electron chi connectivity index (χ2n) is 8.59. The minimum Gasteiger partial charge on any atom is -0.379 e. The molecule has 3 unspecified atom stereocenters.